The fourth-order valence-electron chi connectivity index (χ4n) is 2.42. The van der Waals surface area contributed by atoms with Gasteiger partial charge < -0.3 is 5.32 Å². The molecule has 0 spiro atoms. The van der Waals surface area contributed by atoms with Gasteiger partial charge in [-0.2, -0.15) is 0 Å². The maximum absolute atomic E-state index is 11.9. The zero-order chi connectivity index (χ0) is 13.9. The average molecular weight is 305 g/mol. The average Bonchev–Trinajstić information content (AvgIpc) is 3.06. The van der Waals surface area contributed by atoms with Gasteiger partial charge in [0.2, 0.25) is 5.91 Å². The molecule has 2 aromatic rings. The number of carbonyl (C=O) groups is 1. The second-order valence-electron chi connectivity index (χ2n) is 4.69. The first-order valence-electron chi connectivity index (χ1n) is 6.37. The normalized spacial score (nSPS) is 17.4. The molecule has 1 unspecified atom stereocenters. The summed E-state index contributed by atoms with van der Waals surface area (Å²) in [7, 11) is 0. The lowest BCUT2D eigenvalue weighted by Crippen LogP contribution is -2.25. The molecular weight excluding hydrogens is 292 g/mol. The van der Waals surface area contributed by atoms with Gasteiger partial charge in [-0.05, 0) is 42.2 Å². The van der Waals surface area contributed by atoms with E-state index in [1.165, 1.54) is 28.5 Å². The molecular formula is C15H13ClN2OS. The number of nitrogens with one attached hydrogen (secondary N) is 1. The van der Waals surface area contributed by atoms with Crippen LogP contribution in [0.25, 0.3) is 6.08 Å². The monoisotopic (exact) mass is 304 g/mol. The third-order valence-corrected chi connectivity index (χ3v) is 4.20. The first-order chi connectivity index (χ1) is 9.72. The first kappa shape index (κ1) is 13.3. The lowest BCUT2D eigenvalue weighted by Gasteiger charge is -2.12. The molecule has 0 fully saturated rings. The Morgan fingerprint density at radius 2 is 2.40 bits per heavy atom. The molecule has 20 heavy (non-hydrogen) atoms. The van der Waals surface area contributed by atoms with Crippen LogP contribution < -0.4 is 5.32 Å². The van der Waals surface area contributed by atoms with Gasteiger partial charge in [0.1, 0.15) is 0 Å². The summed E-state index contributed by atoms with van der Waals surface area (Å²) >= 11 is 7.49. The maximum Gasteiger partial charge on any atom is 0.244 e. The fourth-order valence-corrected chi connectivity index (χ4v) is 3.14. The summed E-state index contributed by atoms with van der Waals surface area (Å²) in [6.45, 7) is 0. The van der Waals surface area contributed by atoms with E-state index in [-0.39, 0.29) is 11.9 Å². The van der Waals surface area contributed by atoms with E-state index in [0.717, 1.165) is 23.6 Å². The van der Waals surface area contributed by atoms with Crippen molar-refractivity contribution in [3.05, 3.63) is 57.0 Å². The van der Waals surface area contributed by atoms with E-state index in [1.807, 2.05) is 23.6 Å². The second kappa shape index (κ2) is 5.77. The Hall–Kier alpha value is -1.65. The number of thiazole rings is 1. The molecule has 0 saturated carbocycles. The van der Waals surface area contributed by atoms with Gasteiger partial charge in [0.15, 0.2) is 0 Å². The van der Waals surface area contributed by atoms with Crippen LogP contribution in [-0.2, 0) is 11.2 Å². The molecule has 1 aromatic carbocycles. The van der Waals surface area contributed by atoms with Crippen LogP contribution in [0.3, 0.4) is 0 Å². The number of amides is 1. The van der Waals surface area contributed by atoms with Gasteiger partial charge in [-0.15, -0.1) is 11.3 Å². The highest BCUT2D eigenvalue weighted by Crippen LogP contribution is 2.32. The third-order valence-electron chi connectivity index (χ3n) is 3.36. The Bertz CT molecular complexity index is 652. The lowest BCUT2D eigenvalue weighted by molar-refractivity contribution is -0.117. The zero-order valence-corrected chi connectivity index (χ0v) is 12.2. The van der Waals surface area contributed by atoms with Gasteiger partial charge in [-0.25, -0.2) is 4.98 Å². The fraction of sp³-hybridized carbons (Fsp3) is 0.200. The molecule has 1 aliphatic carbocycles. The molecule has 1 atom stereocenters. The largest absolute Gasteiger partial charge is 0.346 e. The minimum absolute atomic E-state index is 0.0786. The molecule has 0 bridgehead atoms. The molecule has 1 amide bonds. The number of rotatable bonds is 3. The van der Waals surface area contributed by atoms with Crippen LogP contribution >= 0.6 is 22.9 Å². The van der Waals surface area contributed by atoms with Gasteiger partial charge in [-0.1, -0.05) is 17.7 Å². The summed E-state index contributed by atoms with van der Waals surface area (Å²) in [5.74, 6) is -0.0919. The van der Waals surface area contributed by atoms with Crippen LogP contribution in [-0.4, -0.2) is 10.9 Å². The number of carbonyl (C=O) groups excluding carboxylic acids is 1. The van der Waals surface area contributed by atoms with E-state index in [0.29, 0.717) is 0 Å². The summed E-state index contributed by atoms with van der Waals surface area (Å²) in [6.07, 6.45) is 5.13. The predicted molar refractivity (Wildman–Crippen MR) is 81.8 cm³/mol. The van der Waals surface area contributed by atoms with E-state index >= 15 is 0 Å². The number of hydrogen-bond donors (Lipinski definition) is 1. The van der Waals surface area contributed by atoms with Crippen molar-refractivity contribution in [3.63, 3.8) is 0 Å². The lowest BCUT2D eigenvalue weighted by atomic mass is 10.1. The van der Waals surface area contributed by atoms with Crippen LogP contribution in [0.1, 0.15) is 29.3 Å². The molecule has 1 heterocycles. The van der Waals surface area contributed by atoms with Crippen molar-refractivity contribution in [2.24, 2.45) is 0 Å². The third kappa shape index (κ3) is 2.92. The van der Waals surface area contributed by atoms with E-state index in [1.54, 1.807) is 11.6 Å². The van der Waals surface area contributed by atoms with Gasteiger partial charge >= 0.3 is 0 Å². The summed E-state index contributed by atoms with van der Waals surface area (Å²) in [5.41, 5.74) is 4.95. The molecule has 3 nitrogen and oxygen atoms in total. The quantitative estimate of drug-likeness (QED) is 0.880. The van der Waals surface area contributed by atoms with E-state index < -0.39 is 0 Å². The standard InChI is InChI=1S/C15H13ClN2OS/c16-11-2-4-13-10(7-11)1-5-14(13)18-15(19)6-3-12-8-20-9-17-12/h2-4,6-9,14H,1,5H2,(H,18,19). The number of hydrogen-bond acceptors (Lipinski definition) is 3. The van der Waals surface area contributed by atoms with Crippen LogP contribution in [0.2, 0.25) is 5.02 Å². The van der Waals surface area contributed by atoms with Crippen molar-refractivity contribution >= 4 is 34.9 Å². The SMILES string of the molecule is O=C(C=Cc1cscn1)NC1CCc2cc(Cl)ccc21. The highest BCUT2D eigenvalue weighted by molar-refractivity contribution is 7.07. The number of halogens is 1. The Balaban J connectivity index is 1.66. The van der Waals surface area contributed by atoms with Gasteiger partial charge in [0.25, 0.3) is 0 Å². The molecule has 1 aliphatic rings. The van der Waals surface area contributed by atoms with Crippen molar-refractivity contribution in [3.8, 4) is 0 Å². The summed E-state index contributed by atoms with van der Waals surface area (Å²) in [5, 5.41) is 5.67. The maximum atomic E-state index is 11.9. The van der Waals surface area contributed by atoms with E-state index in [9.17, 15) is 4.79 Å². The Morgan fingerprint density at radius 1 is 1.50 bits per heavy atom. The van der Waals surface area contributed by atoms with E-state index in [2.05, 4.69) is 10.3 Å². The molecule has 0 radical (unpaired) electrons. The van der Waals surface area contributed by atoms with Crippen LogP contribution in [0, 0.1) is 0 Å². The van der Waals surface area contributed by atoms with Crippen LogP contribution in [0.15, 0.2) is 35.2 Å². The number of nitrogens with zero attached hydrogens (tertiary/aromatic N) is 1. The van der Waals surface area contributed by atoms with Crippen molar-refractivity contribution in [1.82, 2.24) is 10.3 Å². The van der Waals surface area contributed by atoms with Crippen molar-refractivity contribution < 1.29 is 4.79 Å². The Labute approximate surface area is 126 Å². The molecule has 0 saturated heterocycles. The van der Waals surface area contributed by atoms with Gasteiger partial charge in [0.05, 0.1) is 17.2 Å². The summed E-state index contributed by atoms with van der Waals surface area (Å²) in [6, 6.07) is 5.93. The van der Waals surface area contributed by atoms with Gasteiger partial charge in [0, 0.05) is 16.5 Å². The number of benzene rings is 1. The number of aryl methyl sites for hydroxylation is 1. The highest BCUT2D eigenvalue weighted by atomic mass is 35.5. The molecule has 5 heteroatoms. The molecule has 0 aliphatic heterocycles. The smallest absolute Gasteiger partial charge is 0.244 e. The summed E-state index contributed by atoms with van der Waals surface area (Å²) in [4.78, 5) is 16.0. The van der Waals surface area contributed by atoms with E-state index in [4.69, 9.17) is 11.6 Å². The Kier molecular flexibility index (Phi) is 3.85. The first-order valence-corrected chi connectivity index (χ1v) is 7.69. The number of aromatic nitrogens is 1. The summed E-state index contributed by atoms with van der Waals surface area (Å²) < 4.78 is 0. The van der Waals surface area contributed by atoms with Crippen LogP contribution in [0.5, 0.6) is 0 Å². The Morgan fingerprint density at radius 3 is 3.20 bits per heavy atom. The van der Waals surface area contributed by atoms with Gasteiger partial charge in [-0.3, -0.25) is 4.79 Å². The van der Waals surface area contributed by atoms with Crippen LogP contribution in [0.4, 0.5) is 0 Å². The molecule has 3 rings (SSSR count). The molecule has 1 aromatic heterocycles. The molecule has 1 N–H and O–H groups in total. The highest BCUT2D eigenvalue weighted by Gasteiger charge is 2.23. The molecule has 102 valence electrons. The second-order valence-corrected chi connectivity index (χ2v) is 5.84. The number of fused-ring (bicyclic) bond motifs is 1. The van der Waals surface area contributed by atoms with Crippen molar-refractivity contribution in [2.75, 3.05) is 0 Å². The minimum atomic E-state index is -0.0919. The van der Waals surface area contributed by atoms with Crippen molar-refractivity contribution in [2.45, 2.75) is 18.9 Å². The van der Waals surface area contributed by atoms with Crippen molar-refractivity contribution in [1.29, 1.82) is 0 Å². The minimum Gasteiger partial charge on any atom is -0.346 e. The predicted octanol–water partition coefficient (Wildman–Crippen LogP) is 3.61. The topological polar surface area (TPSA) is 42.0 Å². The zero-order valence-electron chi connectivity index (χ0n) is 10.7.